The molecule has 2 aromatic rings. The molecule has 0 saturated heterocycles. The van der Waals surface area contributed by atoms with Crippen molar-refractivity contribution in [2.45, 2.75) is 19.6 Å². The zero-order valence-electron chi connectivity index (χ0n) is 13.9. The summed E-state index contributed by atoms with van der Waals surface area (Å²) in [5.41, 5.74) is 1.74. The van der Waals surface area contributed by atoms with E-state index >= 15 is 0 Å². The van der Waals surface area contributed by atoms with E-state index in [0.717, 1.165) is 31.8 Å². The molecule has 0 amide bonds. The highest BCUT2D eigenvalue weighted by Crippen LogP contribution is 2.16. The molecule has 0 spiro atoms. The zero-order valence-corrected chi connectivity index (χ0v) is 13.9. The number of benzene rings is 2. The molecule has 2 rings (SSSR count). The van der Waals surface area contributed by atoms with E-state index in [-0.39, 0.29) is 12.4 Å². The molecule has 0 atom stereocenters. The summed E-state index contributed by atoms with van der Waals surface area (Å²) in [5, 5.41) is 3.42. The number of hydrogen-bond acceptors (Lipinski definition) is 3. The molecule has 0 saturated carbocycles. The SMILES string of the molecule is CN(C)CCCNCc1cccc(OCc2ccccc2F)c1. The predicted molar refractivity (Wildman–Crippen MR) is 92.1 cm³/mol. The lowest BCUT2D eigenvalue weighted by Gasteiger charge is -2.11. The second kappa shape index (κ2) is 9.28. The van der Waals surface area contributed by atoms with Gasteiger partial charge in [0.15, 0.2) is 0 Å². The first-order chi connectivity index (χ1) is 11.1. The summed E-state index contributed by atoms with van der Waals surface area (Å²) in [6.45, 7) is 3.12. The van der Waals surface area contributed by atoms with E-state index < -0.39 is 0 Å². The maximum atomic E-state index is 13.6. The quantitative estimate of drug-likeness (QED) is 0.717. The van der Waals surface area contributed by atoms with Crippen LogP contribution in [-0.2, 0) is 13.2 Å². The molecule has 3 nitrogen and oxygen atoms in total. The van der Waals surface area contributed by atoms with Gasteiger partial charge in [0.2, 0.25) is 0 Å². The Bertz CT molecular complexity index is 601. The van der Waals surface area contributed by atoms with E-state index in [1.54, 1.807) is 12.1 Å². The van der Waals surface area contributed by atoms with Crippen LogP contribution < -0.4 is 10.1 Å². The van der Waals surface area contributed by atoms with Gasteiger partial charge in [-0.25, -0.2) is 4.39 Å². The first-order valence-corrected chi connectivity index (χ1v) is 7.96. The van der Waals surface area contributed by atoms with Gasteiger partial charge in [-0.1, -0.05) is 30.3 Å². The molecule has 23 heavy (non-hydrogen) atoms. The van der Waals surface area contributed by atoms with Crippen LogP contribution in [0.25, 0.3) is 0 Å². The van der Waals surface area contributed by atoms with Crippen molar-refractivity contribution in [1.82, 2.24) is 10.2 Å². The van der Waals surface area contributed by atoms with Crippen LogP contribution in [0.2, 0.25) is 0 Å². The third-order valence-electron chi connectivity index (χ3n) is 3.54. The van der Waals surface area contributed by atoms with E-state index in [4.69, 9.17) is 4.74 Å². The molecule has 0 aliphatic rings. The summed E-state index contributed by atoms with van der Waals surface area (Å²) < 4.78 is 19.3. The lowest BCUT2D eigenvalue weighted by Crippen LogP contribution is -2.20. The lowest BCUT2D eigenvalue weighted by molar-refractivity contribution is 0.299. The molecule has 0 bridgehead atoms. The highest BCUT2D eigenvalue weighted by Gasteiger charge is 2.02. The summed E-state index contributed by atoms with van der Waals surface area (Å²) in [6, 6.07) is 14.6. The molecule has 2 aromatic carbocycles. The molecule has 0 aliphatic heterocycles. The van der Waals surface area contributed by atoms with Gasteiger partial charge in [-0.15, -0.1) is 0 Å². The Kier molecular flexibility index (Phi) is 7.04. The standard InChI is InChI=1S/C19H25FN2O/c1-22(2)12-6-11-21-14-16-7-5-9-18(13-16)23-15-17-8-3-4-10-19(17)20/h3-5,7-10,13,21H,6,11-12,14-15H2,1-2H3. The van der Waals surface area contributed by atoms with Crippen molar-refractivity contribution in [3.05, 3.63) is 65.5 Å². The van der Waals surface area contributed by atoms with E-state index in [1.807, 2.05) is 24.3 Å². The fraction of sp³-hybridized carbons (Fsp3) is 0.368. The van der Waals surface area contributed by atoms with E-state index in [0.29, 0.717) is 5.56 Å². The third-order valence-corrected chi connectivity index (χ3v) is 3.54. The predicted octanol–water partition coefficient (Wildman–Crippen LogP) is 3.45. The van der Waals surface area contributed by atoms with Crippen molar-refractivity contribution >= 4 is 0 Å². The molecular formula is C19H25FN2O. The summed E-state index contributed by atoms with van der Waals surface area (Å²) in [7, 11) is 4.16. The van der Waals surface area contributed by atoms with Crippen molar-refractivity contribution in [3.8, 4) is 5.75 Å². The van der Waals surface area contributed by atoms with Gasteiger partial charge in [-0.3, -0.25) is 0 Å². The second-order valence-corrected chi connectivity index (χ2v) is 5.86. The topological polar surface area (TPSA) is 24.5 Å². The number of nitrogens with one attached hydrogen (secondary N) is 1. The minimum atomic E-state index is -0.230. The Labute approximate surface area is 138 Å². The molecule has 0 unspecified atom stereocenters. The summed E-state index contributed by atoms with van der Waals surface area (Å²) >= 11 is 0. The fourth-order valence-electron chi connectivity index (χ4n) is 2.27. The molecule has 0 fully saturated rings. The van der Waals surface area contributed by atoms with Crippen molar-refractivity contribution in [3.63, 3.8) is 0 Å². The van der Waals surface area contributed by atoms with Gasteiger partial charge in [0, 0.05) is 12.1 Å². The molecule has 0 radical (unpaired) electrons. The molecule has 4 heteroatoms. The molecule has 1 N–H and O–H groups in total. The van der Waals surface area contributed by atoms with Gasteiger partial charge < -0.3 is 15.0 Å². The van der Waals surface area contributed by atoms with Crippen LogP contribution in [0.5, 0.6) is 5.75 Å². The van der Waals surface area contributed by atoms with E-state index in [9.17, 15) is 4.39 Å². The van der Waals surface area contributed by atoms with Crippen LogP contribution >= 0.6 is 0 Å². The third kappa shape index (κ3) is 6.38. The maximum Gasteiger partial charge on any atom is 0.129 e. The molecular weight excluding hydrogens is 291 g/mol. The maximum absolute atomic E-state index is 13.6. The monoisotopic (exact) mass is 316 g/mol. The smallest absolute Gasteiger partial charge is 0.129 e. The number of ether oxygens (including phenoxy) is 1. The molecule has 0 aromatic heterocycles. The van der Waals surface area contributed by atoms with Crippen LogP contribution in [0.4, 0.5) is 4.39 Å². The van der Waals surface area contributed by atoms with Gasteiger partial charge in [-0.05, 0) is 57.4 Å². The van der Waals surface area contributed by atoms with Gasteiger partial charge in [0.05, 0.1) is 0 Å². The van der Waals surface area contributed by atoms with Gasteiger partial charge in [-0.2, -0.15) is 0 Å². The fourth-order valence-corrected chi connectivity index (χ4v) is 2.27. The largest absolute Gasteiger partial charge is 0.489 e. The average molecular weight is 316 g/mol. The Morgan fingerprint density at radius 3 is 2.70 bits per heavy atom. The first kappa shape index (κ1) is 17.4. The highest BCUT2D eigenvalue weighted by atomic mass is 19.1. The number of nitrogens with zero attached hydrogens (tertiary/aromatic N) is 1. The molecule has 0 heterocycles. The normalized spacial score (nSPS) is 11.0. The van der Waals surface area contributed by atoms with Crippen LogP contribution in [0.15, 0.2) is 48.5 Å². The van der Waals surface area contributed by atoms with Crippen molar-refractivity contribution in [2.24, 2.45) is 0 Å². The van der Waals surface area contributed by atoms with Crippen LogP contribution in [0.1, 0.15) is 17.5 Å². The minimum absolute atomic E-state index is 0.230. The van der Waals surface area contributed by atoms with Crippen molar-refractivity contribution in [2.75, 3.05) is 27.2 Å². The molecule has 124 valence electrons. The Hall–Kier alpha value is -1.91. The van der Waals surface area contributed by atoms with Crippen molar-refractivity contribution in [1.29, 1.82) is 0 Å². The van der Waals surface area contributed by atoms with Crippen LogP contribution in [-0.4, -0.2) is 32.1 Å². The first-order valence-electron chi connectivity index (χ1n) is 7.96. The van der Waals surface area contributed by atoms with E-state index in [2.05, 4.69) is 30.4 Å². The van der Waals surface area contributed by atoms with Crippen LogP contribution in [0, 0.1) is 5.82 Å². The lowest BCUT2D eigenvalue weighted by atomic mass is 10.2. The number of halogens is 1. The molecule has 0 aliphatic carbocycles. The van der Waals surface area contributed by atoms with Crippen molar-refractivity contribution < 1.29 is 9.13 Å². The number of rotatable bonds is 9. The average Bonchev–Trinajstić information content (AvgIpc) is 2.54. The summed E-state index contributed by atoms with van der Waals surface area (Å²) in [5.74, 6) is 0.534. The summed E-state index contributed by atoms with van der Waals surface area (Å²) in [4.78, 5) is 2.18. The van der Waals surface area contributed by atoms with Gasteiger partial charge in [0.25, 0.3) is 0 Å². The van der Waals surface area contributed by atoms with Crippen LogP contribution in [0.3, 0.4) is 0 Å². The summed E-state index contributed by atoms with van der Waals surface area (Å²) in [6.07, 6.45) is 1.12. The second-order valence-electron chi connectivity index (χ2n) is 5.86. The zero-order chi connectivity index (χ0) is 16.5. The number of hydrogen-bond donors (Lipinski definition) is 1. The minimum Gasteiger partial charge on any atom is -0.489 e. The Balaban J connectivity index is 1.79. The Morgan fingerprint density at radius 1 is 1.09 bits per heavy atom. The van der Waals surface area contributed by atoms with E-state index in [1.165, 1.54) is 11.6 Å². The highest BCUT2D eigenvalue weighted by molar-refractivity contribution is 5.29. The Morgan fingerprint density at radius 2 is 1.91 bits per heavy atom. The van der Waals surface area contributed by atoms with Gasteiger partial charge in [0.1, 0.15) is 18.2 Å². The van der Waals surface area contributed by atoms with Gasteiger partial charge >= 0.3 is 0 Å².